The number of fused-ring (bicyclic) bond motifs is 1. The highest BCUT2D eigenvalue weighted by Gasteiger charge is 2.36. The molecule has 1 aliphatic carbocycles. The summed E-state index contributed by atoms with van der Waals surface area (Å²) in [5.74, 6) is 2.37. The predicted molar refractivity (Wildman–Crippen MR) is 103 cm³/mol. The molecule has 1 aliphatic rings. The van der Waals surface area contributed by atoms with E-state index in [4.69, 9.17) is 11.2 Å². The number of esters is 1. The van der Waals surface area contributed by atoms with Crippen molar-refractivity contribution in [2.75, 3.05) is 0 Å². The highest BCUT2D eigenvalue weighted by atomic mass is 32.2. The van der Waals surface area contributed by atoms with Crippen molar-refractivity contribution in [3.8, 4) is 17.2 Å². The summed E-state index contributed by atoms with van der Waals surface area (Å²) in [7, 11) is -0.0660. The van der Waals surface area contributed by atoms with Crippen molar-refractivity contribution < 1.29 is 9.53 Å². The van der Waals surface area contributed by atoms with Gasteiger partial charge in [-0.05, 0) is 62.1 Å². The molecule has 2 nitrogen and oxygen atoms in total. The summed E-state index contributed by atoms with van der Waals surface area (Å²) in [5.41, 5.74) is -0.143. The molecule has 3 heteroatoms. The van der Waals surface area contributed by atoms with Gasteiger partial charge >= 0.3 is 5.97 Å². The van der Waals surface area contributed by atoms with Crippen LogP contribution in [-0.4, -0.2) is 11.6 Å². The molecule has 0 aliphatic heterocycles. The zero-order chi connectivity index (χ0) is 17.3. The van der Waals surface area contributed by atoms with Crippen LogP contribution < -0.4 is 0 Å². The van der Waals surface area contributed by atoms with Crippen molar-refractivity contribution >= 4 is 26.5 Å². The van der Waals surface area contributed by atoms with E-state index in [0.717, 1.165) is 25.7 Å². The SMILES string of the molecule is C#CC1(OC(=O)c2ccc(-[s+]3ccc4ccccc43)cc2)CCCC1. The van der Waals surface area contributed by atoms with Crippen LogP contribution in [0.25, 0.3) is 15.0 Å². The van der Waals surface area contributed by atoms with E-state index >= 15 is 0 Å². The Hall–Kier alpha value is -2.57. The minimum Gasteiger partial charge on any atom is -0.442 e. The molecular formula is C22H19O2S+. The minimum absolute atomic E-state index is 0.0660. The third-order valence-corrected chi connectivity index (χ3v) is 6.88. The first-order chi connectivity index (χ1) is 12.2. The average molecular weight is 347 g/mol. The molecule has 1 fully saturated rings. The molecule has 3 aromatic rings. The molecule has 1 heterocycles. The first-order valence-electron chi connectivity index (χ1n) is 8.52. The Morgan fingerprint density at radius 2 is 1.76 bits per heavy atom. The third-order valence-electron chi connectivity index (χ3n) is 4.85. The van der Waals surface area contributed by atoms with Gasteiger partial charge in [0.2, 0.25) is 0 Å². The number of rotatable bonds is 3. The lowest BCUT2D eigenvalue weighted by Crippen LogP contribution is -2.30. The number of carbonyl (C=O) groups excluding carboxylic acids is 1. The van der Waals surface area contributed by atoms with Crippen LogP contribution in [0.4, 0.5) is 0 Å². The smallest absolute Gasteiger partial charge is 0.339 e. The highest BCUT2D eigenvalue weighted by Crippen LogP contribution is 2.39. The fourth-order valence-electron chi connectivity index (χ4n) is 3.43. The molecule has 0 spiro atoms. The van der Waals surface area contributed by atoms with Gasteiger partial charge in [0.1, 0.15) is 5.38 Å². The summed E-state index contributed by atoms with van der Waals surface area (Å²) in [6.45, 7) is 0. The molecule has 25 heavy (non-hydrogen) atoms. The van der Waals surface area contributed by atoms with E-state index in [1.165, 1.54) is 15.0 Å². The first kappa shape index (κ1) is 15.9. The van der Waals surface area contributed by atoms with E-state index in [1.54, 1.807) is 0 Å². The van der Waals surface area contributed by atoms with Crippen LogP contribution in [0.15, 0.2) is 60.0 Å². The Balaban J connectivity index is 1.58. The number of thiophene rings is 1. The second kappa shape index (κ2) is 6.38. The Kier molecular flexibility index (Phi) is 4.07. The Morgan fingerprint density at radius 3 is 2.48 bits per heavy atom. The van der Waals surface area contributed by atoms with Crippen molar-refractivity contribution in [3.63, 3.8) is 0 Å². The highest BCUT2D eigenvalue weighted by molar-refractivity contribution is 7.43. The summed E-state index contributed by atoms with van der Waals surface area (Å²) in [4.78, 5) is 13.7. The Labute approximate surface area is 150 Å². The fraction of sp³-hybridized carbons (Fsp3) is 0.227. The van der Waals surface area contributed by atoms with Crippen molar-refractivity contribution in [2.24, 2.45) is 0 Å². The number of benzene rings is 2. The molecule has 124 valence electrons. The Bertz CT molecular complexity index is 954. The number of carbonyl (C=O) groups is 1. The lowest BCUT2D eigenvalue weighted by atomic mass is 10.0. The largest absolute Gasteiger partial charge is 0.442 e. The molecule has 0 bridgehead atoms. The van der Waals surface area contributed by atoms with Crippen LogP contribution in [-0.2, 0) is 4.74 Å². The van der Waals surface area contributed by atoms with Gasteiger partial charge in [-0.1, -0.05) is 18.1 Å². The fourth-order valence-corrected chi connectivity index (χ4v) is 5.32. The summed E-state index contributed by atoms with van der Waals surface area (Å²) in [5, 5.41) is 3.50. The van der Waals surface area contributed by atoms with Crippen molar-refractivity contribution in [3.05, 3.63) is 65.5 Å². The summed E-state index contributed by atoms with van der Waals surface area (Å²) in [6.07, 6.45) is 9.18. The topological polar surface area (TPSA) is 26.3 Å². The number of ether oxygens (including phenoxy) is 1. The molecule has 0 saturated heterocycles. The molecule has 2 aromatic carbocycles. The monoisotopic (exact) mass is 347 g/mol. The van der Waals surface area contributed by atoms with Crippen molar-refractivity contribution in [1.82, 2.24) is 0 Å². The maximum Gasteiger partial charge on any atom is 0.339 e. The van der Waals surface area contributed by atoms with Gasteiger partial charge in [0.25, 0.3) is 0 Å². The number of hydrogen-bond acceptors (Lipinski definition) is 2. The van der Waals surface area contributed by atoms with Crippen LogP contribution >= 0.6 is 10.5 Å². The van der Waals surface area contributed by atoms with Gasteiger partial charge in [-0.2, -0.15) is 0 Å². The lowest BCUT2D eigenvalue weighted by Gasteiger charge is -2.22. The van der Waals surface area contributed by atoms with Gasteiger partial charge in [0.05, 0.1) is 5.56 Å². The lowest BCUT2D eigenvalue weighted by molar-refractivity contribution is 0.0104. The summed E-state index contributed by atoms with van der Waals surface area (Å²) in [6, 6.07) is 18.3. The Morgan fingerprint density at radius 1 is 1.04 bits per heavy atom. The van der Waals surface area contributed by atoms with E-state index in [1.807, 2.05) is 24.3 Å². The van der Waals surface area contributed by atoms with E-state index in [-0.39, 0.29) is 16.4 Å². The second-order valence-electron chi connectivity index (χ2n) is 6.44. The molecule has 1 saturated carbocycles. The molecular weight excluding hydrogens is 328 g/mol. The number of hydrogen-bond donors (Lipinski definition) is 0. The van der Waals surface area contributed by atoms with Crippen LogP contribution in [0.3, 0.4) is 0 Å². The number of terminal acetylenes is 1. The maximum atomic E-state index is 12.5. The first-order valence-corrected chi connectivity index (χ1v) is 9.81. The third kappa shape index (κ3) is 2.94. The molecule has 4 rings (SSSR count). The van der Waals surface area contributed by atoms with Crippen LogP contribution in [0.5, 0.6) is 0 Å². The molecule has 0 radical (unpaired) electrons. The van der Waals surface area contributed by atoms with Gasteiger partial charge in [0, 0.05) is 21.9 Å². The average Bonchev–Trinajstić information content (AvgIpc) is 3.29. The van der Waals surface area contributed by atoms with E-state index in [9.17, 15) is 4.79 Å². The summed E-state index contributed by atoms with van der Waals surface area (Å²) >= 11 is 0. The summed E-state index contributed by atoms with van der Waals surface area (Å²) < 4.78 is 7.00. The van der Waals surface area contributed by atoms with Crippen LogP contribution in [0.1, 0.15) is 36.0 Å². The van der Waals surface area contributed by atoms with Gasteiger partial charge in [-0.15, -0.1) is 6.42 Å². The molecule has 1 atom stereocenters. The zero-order valence-electron chi connectivity index (χ0n) is 13.9. The minimum atomic E-state index is -0.704. The normalized spacial score (nSPS) is 16.5. The zero-order valence-corrected chi connectivity index (χ0v) is 14.7. The van der Waals surface area contributed by atoms with Crippen LogP contribution in [0, 0.1) is 12.3 Å². The van der Waals surface area contributed by atoms with Crippen molar-refractivity contribution in [1.29, 1.82) is 0 Å². The van der Waals surface area contributed by atoms with E-state index < -0.39 is 5.60 Å². The molecule has 1 aromatic heterocycles. The predicted octanol–water partition coefficient (Wildman–Crippen LogP) is 5.68. The quantitative estimate of drug-likeness (QED) is 0.346. The van der Waals surface area contributed by atoms with E-state index in [2.05, 4.69) is 41.6 Å². The van der Waals surface area contributed by atoms with Gasteiger partial charge in [-0.3, -0.25) is 0 Å². The van der Waals surface area contributed by atoms with Gasteiger partial charge < -0.3 is 4.74 Å². The van der Waals surface area contributed by atoms with Crippen LogP contribution in [0.2, 0.25) is 0 Å². The van der Waals surface area contributed by atoms with Gasteiger partial charge in [-0.25, -0.2) is 4.79 Å². The maximum absolute atomic E-state index is 12.5. The molecule has 0 amide bonds. The van der Waals surface area contributed by atoms with E-state index in [0.29, 0.717) is 5.56 Å². The standard InChI is InChI=1S/C22H19O2S/c1-2-22(14-5-6-15-22)24-21(23)18-9-11-19(12-10-18)25-16-13-17-7-3-4-8-20(17)25/h1,3-4,7-13,16H,5-6,14-15H2/q+1. The molecule has 0 N–H and O–H groups in total. The second-order valence-corrected chi connectivity index (χ2v) is 8.30. The molecule has 1 unspecified atom stereocenters. The van der Waals surface area contributed by atoms with Crippen molar-refractivity contribution in [2.45, 2.75) is 31.3 Å². The van der Waals surface area contributed by atoms with Gasteiger partial charge in [0.15, 0.2) is 15.2 Å².